The van der Waals surface area contributed by atoms with Crippen molar-refractivity contribution in [3.05, 3.63) is 53.2 Å². The number of nitrogens with one attached hydrogen (secondary N) is 1. The van der Waals surface area contributed by atoms with Gasteiger partial charge in [-0.15, -0.1) is 11.3 Å². The molecule has 0 saturated carbocycles. The summed E-state index contributed by atoms with van der Waals surface area (Å²) >= 11 is 1.44. The molecule has 3 heterocycles. The second kappa shape index (κ2) is 12.0. The number of carbonyl (C=O) groups excluding carboxylic acids is 1. The van der Waals surface area contributed by atoms with Crippen LogP contribution in [0.15, 0.2) is 41.9 Å². The lowest BCUT2D eigenvalue weighted by Crippen LogP contribution is -2.50. The summed E-state index contributed by atoms with van der Waals surface area (Å²) in [7, 11) is 0. The van der Waals surface area contributed by atoms with Crippen molar-refractivity contribution in [3.63, 3.8) is 0 Å². The third-order valence-corrected chi connectivity index (χ3v) is 5.20. The van der Waals surface area contributed by atoms with E-state index in [1.165, 1.54) is 16.9 Å². The molecule has 0 atom stereocenters. The zero-order valence-electron chi connectivity index (χ0n) is 17.8. The van der Waals surface area contributed by atoms with Crippen LogP contribution in [-0.4, -0.2) is 47.1 Å². The third-order valence-electron chi connectivity index (χ3n) is 4.42. The quantitative estimate of drug-likeness (QED) is 0.695. The van der Waals surface area contributed by atoms with E-state index in [0.29, 0.717) is 18.2 Å². The van der Waals surface area contributed by atoms with E-state index in [1.807, 2.05) is 67.6 Å². The van der Waals surface area contributed by atoms with Crippen molar-refractivity contribution in [1.82, 2.24) is 14.9 Å². The molecule has 1 saturated heterocycles. The first-order valence-electron chi connectivity index (χ1n) is 10.2. The molecule has 0 unspecified atom stereocenters. The van der Waals surface area contributed by atoms with E-state index < -0.39 is 0 Å². The molecule has 3 rings (SSSR count). The van der Waals surface area contributed by atoms with E-state index in [9.17, 15) is 4.79 Å². The summed E-state index contributed by atoms with van der Waals surface area (Å²) in [5.41, 5.74) is 2.09. The highest BCUT2D eigenvalue weighted by Crippen LogP contribution is 2.21. The fourth-order valence-electron chi connectivity index (χ4n) is 2.97. The number of aryl methyl sites for hydroxylation is 1. The predicted octanol–water partition coefficient (Wildman–Crippen LogP) is 5.07. The summed E-state index contributed by atoms with van der Waals surface area (Å²) in [5, 5.41) is 5.46. The van der Waals surface area contributed by atoms with Gasteiger partial charge in [-0.05, 0) is 31.1 Å². The van der Waals surface area contributed by atoms with Crippen LogP contribution in [0.2, 0.25) is 0 Å². The Labute approximate surface area is 178 Å². The predicted molar refractivity (Wildman–Crippen MR) is 124 cm³/mol. The summed E-state index contributed by atoms with van der Waals surface area (Å²) < 4.78 is 0. The van der Waals surface area contributed by atoms with Crippen LogP contribution in [0.5, 0.6) is 0 Å². The normalized spacial score (nSPS) is 14.2. The first-order valence-corrected chi connectivity index (χ1v) is 11.1. The van der Waals surface area contributed by atoms with Crippen LogP contribution in [0.25, 0.3) is 6.08 Å². The lowest BCUT2D eigenvalue weighted by molar-refractivity contribution is 0.208. The summed E-state index contributed by atoms with van der Waals surface area (Å²) in [6, 6.07) is 4.00. The molecule has 1 aliphatic heterocycles. The standard InChI is InChI=1S/C20H25N5OS.C2H6/c1-3-5-6-9-17-15-27-19(22-17)23-20(26)25-13-11-24(12-14-25)18-16(4-2)8-7-10-21-18;1-2/h3,5-10,15H,4,11-14H2,1-2H3,(H,22,23,26);1-2H3/b5-3-,9-6-;. The van der Waals surface area contributed by atoms with E-state index in [2.05, 4.69) is 33.2 Å². The number of hydrogen-bond acceptors (Lipinski definition) is 5. The molecule has 29 heavy (non-hydrogen) atoms. The minimum Gasteiger partial charge on any atom is -0.353 e. The van der Waals surface area contributed by atoms with Gasteiger partial charge in [0.1, 0.15) is 5.82 Å². The first kappa shape index (κ1) is 22.6. The number of urea groups is 1. The zero-order chi connectivity index (χ0) is 21.1. The third kappa shape index (κ3) is 6.42. The molecule has 0 spiro atoms. The number of pyridine rings is 1. The fraction of sp³-hybridized carbons (Fsp3) is 0.409. The Morgan fingerprint density at radius 1 is 1.24 bits per heavy atom. The SMILES string of the molecule is C/C=C\C=C/c1csc(NC(=O)N2CCN(c3ncccc3CC)CC2)n1.CC. The summed E-state index contributed by atoms with van der Waals surface area (Å²) in [5.74, 6) is 1.04. The van der Waals surface area contributed by atoms with Crippen LogP contribution in [0.1, 0.15) is 39.0 Å². The molecule has 156 valence electrons. The number of anilines is 2. The molecular formula is C22H31N5OS. The Morgan fingerprint density at radius 2 is 2.00 bits per heavy atom. The highest BCUT2D eigenvalue weighted by molar-refractivity contribution is 7.14. The molecule has 2 aromatic rings. The summed E-state index contributed by atoms with van der Waals surface area (Å²) in [6.45, 7) is 11.0. The molecule has 0 radical (unpaired) electrons. The Bertz CT molecular complexity index is 822. The van der Waals surface area contributed by atoms with Gasteiger partial charge in [-0.1, -0.05) is 45.1 Å². The maximum atomic E-state index is 12.5. The van der Waals surface area contributed by atoms with Crippen LogP contribution in [0.4, 0.5) is 15.7 Å². The van der Waals surface area contributed by atoms with E-state index >= 15 is 0 Å². The zero-order valence-corrected chi connectivity index (χ0v) is 18.6. The van der Waals surface area contributed by atoms with Crippen molar-refractivity contribution in [2.75, 3.05) is 36.4 Å². The average molecular weight is 414 g/mol. The van der Waals surface area contributed by atoms with Gasteiger partial charge in [-0.2, -0.15) is 0 Å². The van der Waals surface area contributed by atoms with Gasteiger partial charge in [0, 0.05) is 37.8 Å². The number of nitrogens with zero attached hydrogens (tertiary/aromatic N) is 4. The van der Waals surface area contributed by atoms with Gasteiger partial charge in [0.2, 0.25) is 0 Å². The van der Waals surface area contributed by atoms with Gasteiger partial charge < -0.3 is 9.80 Å². The topological polar surface area (TPSA) is 61.4 Å². The van der Waals surface area contributed by atoms with Crippen LogP contribution in [-0.2, 0) is 6.42 Å². The highest BCUT2D eigenvalue weighted by atomic mass is 32.1. The molecule has 0 bridgehead atoms. The Morgan fingerprint density at radius 3 is 2.69 bits per heavy atom. The molecule has 0 aliphatic carbocycles. The molecule has 1 fully saturated rings. The lowest BCUT2D eigenvalue weighted by atomic mass is 10.2. The van der Waals surface area contributed by atoms with Gasteiger partial charge in [-0.25, -0.2) is 14.8 Å². The maximum absolute atomic E-state index is 12.5. The lowest BCUT2D eigenvalue weighted by Gasteiger charge is -2.35. The first-order chi connectivity index (χ1) is 14.2. The van der Waals surface area contributed by atoms with Crippen molar-refractivity contribution in [1.29, 1.82) is 0 Å². The molecule has 2 aromatic heterocycles. The molecule has 6 nitrogen and oxygen atoms in total. The number of piperazine rings is 1. The van der Waals surface area contributed by atoms with Gasteiger partial charge in [0.05, 0.1) is 5.69 Å². The number of rotatable bonds is 5. The number of hydrogen-bond donors (Lipinski definition) is 1. The maximum Gasteiger partial charge on any atom is 0.323 e. The number of amides is 2. The molecular weight excluding hydrogens is 382 g/mol. The average Bonchev–Trinajstić information content (AvgIpc) is 3.22. The van der Waals surface area contributed by atoms with Gasteiger partial charge >= 0.3 is 6.03 Å². The minimum absolute atomic E-state index is 0.0929. The second-order valence-electron chi connectivity index (χ2n) is 6.21. The monoisotopic (exact) mass is 413 g/mol. The van der Waals surface area contributed by atoms with Crippen molar-refractivity contribution in [2.24, 2.45) is 0 Å². The van der Waals surface area contributed by atoms with Crippen LogP contribution >= 0.6 is 11.3 Å². The van der Waals surface area contributed by atoms with Crippen molar-refractivity contribution < 1.29 is 4.79 Å². The van der Waals surface area contributed by atoms with E-state index in [1.54, 1.807) is 0 Å². The molecule has 0 aromatic carbocycles. The van der Waals surface area contributed by atoms with Crippen LogP contribution < -0.4 is 10.2 Å². The van der Waals surface area contributed by atoms with E-state index in [4.69, 9.17) is 0 Å². The Hall–Kier alpha value is -2.67. The minimum atomic E-state index is -0.0929. The van der Waals surface area contributed by atoms with Crippen molar-refractivity contribution in [2.45, 2.75) is 34.1 Å². The van der Waals surface area contributed by atoms with Crippen LogP contribution in [0.3, 0.4) is 0 Å². The Balaban J connectivity index is 0.00000145. The number of thiazole rings is 1. The largest absolute Gasteiger partial charge is 0.353 e. The molecule has 2 amide bonds. The second-order valence-corrected chi connectivity index (χ2v) is 7.06. The van der Waals surface area contributed by atoms with Gasteiger partial charge in [0.15, 0.2) is 5.13 Å². The van der Waals surface area contributed by atoms with E-state index in [0.717, 1.165) is 31.0 Å². The van der Waals surface area contributed by atoms with E-state index in [-0.39, 0.29) is 6.03 Å². The fourth-order valence-corrected chi connectivity index (χ4v) is 3.64. The molecule has 1 N–H and O–H groups in total. The number of allylic oxidation sites excluding steroid dienone is 3. The van der Waals surface area contributed by atoms with Gasteiger partial charge in [-0.3, -0.25) is 5.32 Å². The summed E-state index contributed by atoms with van der Waals surface area (Å²) in [6.07, 6.45) is 10.5. The van der Waals surface area contributed by atoms with Crippen LogP contribution in [0, 0.1) is 0 Å². The Kier molecular flexibility index (Phi) is 9.37. The van der Waals surface area contributed by atoms with Gasteiger partial charge in [0.25, 0.3) is 0 Å². The summed E-state index contributed by atoms with van der Waals surface area (Å²) in [4.78, 5) is 25.6. The highest BCUT2D eigenvalue weighted by Gasteiger charge is 2.23. The smallest absolute Gasteiger partial charge is 0.323 e. The van der Waals surface area contributed by atoms with Crippen molar-refractivity contribution >= 4 is 34.4 Å². The number of aromatic nitrogens is 2. The molecule has 1 aliphatic rings. The van der Waals surface area contributed by atoms with Crippen molar-refractivity contribution in [3.8, 4) is 0 Å². The number of carbonyl (C=O) groups is 1. The molecule has 7 heteroatoms.